The highest BCUT2D eigenvalue weighted by molar-refractivity contribution is 14.1. The number of ether oxygens (including phenoxy) is 1. The van der Waals surface area contributed by atoms with Crippen molar-refractivity contribution in [1.29, 1.82) is 0 Å². The molecule has 2 saturated heterocycles. The summed E-state index contributed by atoms with van der Waals surface area (Å²) in [6.07, 6.45) is 0.00900. The van der Waals surface area contributed by atoms with E-state index in [0.29, 0.717) is 12.5 Å². The molecule has 0 radical (unpaired) electrons. The second-order valence-electron chi connectivity index (χ2n) is 6.47. The van der Waals surface area contributed by atoms with Crippen LogP contribution >= 0.6 is 22.6 Å². The Hall–Kier alpha value is -1.29. The number of rotatable bonds is 3. The second-order valence-corrected chi connectivity index (χ2v) is 7.71. The van der Waals surface area contributed by atoms with Gasteiger partial charge in [0.1, 0.15) is 11.6 Å². The summed E-state index contributed by atoms with van der Waals surface area (Å²) in [7, 11) is 0. The molecule has 2 atom stereocenters. The Labute approximate surface area is 148 Å². The minimum atomic E-state index is -0.932. The molecule has 0 spiro atoms. The number of morpholine rings is 1. The molecule has 1 amide bonds. The van der Waals surface area contributed by atoms with Crippen molar-refractivity contribution in [3.05, 3.63) is 15.7 Å². The summed E-state index contributed by atoms with van der Waals surface area (Å²) in [6.45, 7) is 4.77. The molecule has 2 N–H and O–H groups in total. The van der Waals surface area contributed by atoms with E-state index in [1.807, 2.05) is 0 Å². The van der Waals surface area contributed by atoms with E-state index in [2.05, 4.69) is 49.8 Å². The Bertz CT molecular complexity index is 637. The number of halogens is 1. The third kappa shape index (κ3) is 2.93. The summed E-state index contributed by atoms with van der Waals surface area (Å²) >= 11 is 2.32. The average Bonchev–Trinajstić information content (AvgIpc) is 3.06. The summed E-state index contributed by atoms with van der Waals surface area (Å²) in [4.78, 5) is 20.3. The van der Waals surface area contributed by atoms with Crippen molar-refractivity contribution in [1.82, 2.24) is 10.3 Å². The van der Waals surface area contributed by atoms with Crippen LogP contribution in [0.5, 0.6) is 0 Å². The first kappa shape index (κ1) is 15.3. The zero-order chi connectivity index (χ0) is 16.0. The third-order valence-electron chi connectivity index (χ3n) is 4.92. The number of anilines is 2. The first-order valence-corrected chi connectivity index (χ1v) is 8.90. The van der Waals surface area contributed by atoms with Crippen LogP contribution in [-0.2, 0) is 4.74 Å². The van der Waals surface area contributed by atoms with Crippen molar-refractivity contribution < 1.29 is 14.6 Å². The van der Waals surface area contributed by atoms with Crippen LogP contribution in [0.1, 0.15) is 6.42 Å². The molecule has 0 bridgehead atoms. The van der Waals surface area contributed by atoms with E-state index in [1.165, 1.54) is 0 Å². The van der Waals surface area contributed by atoms with Crippen molar-refractivity contribution in [2.24, 2.45) is 5.92 Å². The predicted octanol–water partition coefficient (Wildman–Crippen LogP) is 1.37. The highest BCUT2D eigenvalue weighted by atomic mass is 127. The second kappa shape index (κ2) is 5.66. The Morgan fingerprint density at radius 3 is 2.74 bits per heavy atom. The van der Waals surface area contributed by atoms with E-state index >= 15 is 0 Å². The standard InChI is InChI=1S/C15H19IN4O3/c16-11-5-12(19-1-3-23-4-2-19)17-13(6-11)20-8-10-7-15(10,9-20)18-14(21)22/h5-6,10,18H,1-4,7-9H2,(H,21,22). The normalized spacial score (nSPS) is 29.3. The summed E-state index contributed by atoms with van der Waals surface area (Å²) in [5, 5.41) is 11.7. The topological polar surface area (TPSA) is 77.9 Å². The van der Waals surface area contributed by atoms with Gasteiger partial charge in [-0.15, -0.1) is 0 Å². The van der Waals surface area contributed by atoms with Gasteiger partial charge in [-0.05, 0) is 41.1 Å². The van der Waals surface area contributed by atoms with Crippen LogP contribution in [0.4, 0.5) is 16.4 Å². The number of piperidine rings is 1. The van der Waals surface area contributed by atoms with Gasteiger partial charge in [0.2, 0.25) is 0 Å². The maximum atomic E-state index is 11.0. The Morgan fingerprint density at radius 2 is 2.04 bits per heavy atom. The van der Waals surface area contributed by atoms with Crippen LogP contribution in [-0.4, -0.2) is 61.1 Å². The molecular formula is C15H19IN4O3. The fourth-order valence-corrected chi connectivity index (χ4v) is 4.21. The maximum Gasteiger partial charge on any atom is 0.405 e. The van der Waals surface area contributed by atoms with Crippen molar-refractivity contribution in [2.45, 2.75) is 12.0 Å². The zero-order valence-electron chi connectivity index (χ0n) is 12.7. The van der Waals surface area contributed by atoms with E-state index in [4.69, 9.17) is 14.8 Å². The Morgan fingerprint density at radius 1 is 1.35 bits per heavy atom. The molecular weight excluding hydrogens is 411 g/mol. The molecule has 3 fully saturated rings. The number of pyridine rings is 1. The van der Waals surface area contributed by atoms with Gasteiger partial charge in [-0.2, -0.15) is 0 Å². The number of aromatic nitrogens is 1. The van der Waals surface area contributed by atoms with Crippen molar-refractivity contribution in [2.75, 3.05) is 49.2 Å². The Balaban J connectivity index is 1.53. The number of carbonyl (C=O) groups is 1. The van der Waals surface area contributed by atoms with Gasteiger partial charge < -0.3 is 25.0 Å². The van der Waals surface area contributed by atoms with E-state index in [9.17, 15) is 4.79 Å². The summed E-state index contributed by atoms with van der Waals surface area (Å²) in [6, 6.07) is 4.17. The Kier molecular flexibility index (Phi) is 3.75. The quantitative estimate of drug-likeness (QED) is 0.706. The number of amides is 1. The van der Waals surface area contributed by atoms with E-state index in [1.54, 1.807) is 0 Å². The lowest BCUT2D eigenvalue weighted by atomic mass is 10.2. The average molecular weight is 430 g/mol. The molecule has 7 nitrogen and oxygen atoms in total. The number of hydrogen-bond acceptors (Lipinski definition) is 5. The van der Waals surface area contributed by atoms with Crippen LogP contribution in [0, 0.1) is 9.49 Å². The molecule has 3 aliphatic rings. The molecule has 1 saturated carbocycles. The van der Waals surface area contributed by atoms with E-state index in [-0.39, 0.29) is 5.54 Å². The SMILES string of the molecule is O=C(O)NC12CC1CN(c1cc(I)cc(N3CCOCC3)n1)C2. The first-order chi connectivity index (χ1) is 11.1. The molecule has 0 aromatic carbocycles. The third-order valence-corrected chi connectivity index (χ3v) is 5.55. The van der Waals surface area contributed by atoms with Gasteiger partial charge >= 0.3 is 6.09 Å². The lowest BCUT2D eigenvalue weighted by Gasteiger charge is -2.29. The molecule has 124 valence electrons. The highest BCUT2D eigenvalue weighted by Crippen LogP contribution is 2.50. The molecule has 3 heterocycles. The molecule has 2 unspecified atom stereocenters. The minimum absolute atomic E-state index is 0.256. The van der Waals surface area contributed by atoms with Crippen LogP contribution in [0.15, 0.2) is 12.1 Å². The van der Waals surface area contributed by atoms with Crippen molar-refractivity contribution >= 4 is 40.3 Å². The predicted molar refractivity (Wildman–Crippen MR) is 94.2 cm³/mol. The van der Waals surface area contributed by atoms with Gasteiger partial charge in [-0.1, -0.05) is 0 Å². The number of nitrogens with one attached hydrogen (secondary N) is 1. The van der Waals surface area contributed by atoms with Gasteiger partial charge in [-0.25, -0.2) is 9.78 Å². The van der Waals surface area contributed by atoms with Gasteiger partial charge in [0, 0.05) is 35.7 Å². The lowest BCUT2D eigenvalue weighted by Crippen LogP contribution is -2.42. The summed E-state index contributed by atoms with van der Waals surface area (Å²) in [5.74, 6) is 2.33. The fourth-order valence-electron chi connectivity index (χ4n) is 3.65. The minimum Gasteiger partial charge on any atom is -0.465 e. The number of hydrogen-bond donors (Lipinski definition) is 2. The molecule has 1 aromatic rings. The number of carboxylic acid groups (broad SMARTS) is 1. The van der Waals surface area contributed by atoms with E-state index in [0.717, 1.165) is 54.5 Å². The number of fused-ring (bicyclic) bond motifs is 1. The molecule has 1 aliphatic carbocycles. The summed E-state index contributed by atoms with van der Waals surface area (Å²) < 4.78 is 6.55. The molecule has 4 rings (SSSR count). The summed E-state index contributed by atoms with van der Waals surface area (Å²) in [5.41, 5.74) is -0.256. The highest BCUT2D eigenvalue weighted by Gasteiger charge is 2.61. The van der Waals surface area contributed by atoms with Crippen LogP contribution in [0.3, 0.4) is 0 Å². The molecule has 1 aromatic heterocycles. The molecule has 8 heteroatoms. The van der Waals surface area contributed by atoms with Crippen LogP contribution in [0.2, 0.25) is 0 Å². The van der Waals surface area contributed by atoms with Crippen LogP contribution < -0.4 is 15.1 Å². The van der Waals surface area contributed by atoms with Crippen LogP contribution in [0.25, 0.3) is 0 Å². The smallest absolute Gasteiger partial charge is 0.405 e. The van der Waals surface area contributed by atoms with Gasteiger partial charge in [0.05, 0.1) is 18.8 Å². The van der Waals surface area contributed by atoms with Crippen molar-refractivity contribution in [3.8, 4) is 0 Å². The maximum absolute atomic E-state index is 11.0. The zero-order valence-corrected chi connectivity index (χ0v) is 14.8. The fraction of sp³-hybridized carbons (Fsp3) is 0.600. The first-order valence-electron chi connectivity index (χ1n) is 7.82. The monoisotopic (exact) mass is 430 g/mol. The van der Waals surface area contributed by atoms with Gasteiger partial charge in [-0.3, -0.25) is 0 Å². The van der Waals surface area contributed by atoms with Gasteiger partial charge in [0.15, 0.2) is 0 Å². The largest absolute Gasteiger partial charge is 0.465 e. The molecule has 2 aliphatic heterocycles. The van der Waals surface area contributed by atoms with E-state index < -0.39 is 6.09 Å². The lowest BCUT2D eigenvalue weighted by molar-refractivity contribution is 0.122. The molecule has 23 heavy (non-hydrogen) atoms. The number of nitrogens with zero attached hydrogens (tertiary/aromatic N) is 3. The van der Waals surface area contributed by atoms with Crippen molar-refractivity contribution in [3.63, 3.8) is 0 Å². The van der Waals surface area contributed by atoms with Gasteiger partial charge in [0.25, 0.3) is 0 Å².